The first kappa shape index (κ1) is 20.9. The highest BCUT2D eigenvalue weighted by Gasteiger charge is 2.33. The Morgan fingerprint density at radius 1 is 1.10 bits per heavy atom. The summed E-state index contributed by atoms with van der Waals surface area (Å²) in [6.45, 7) is 0. The van der Waals surface area contributed by atoms with Crippen molar-refractivity contribution in [3.8, 4) is 0 Å². The number of methoxy groups -OCH3 is 1. The van der Waals surface area contributed by atoms with Crippen molar-refractivity contribution in [2.75, 3.05) is 7.11 Å². The number of carbonyl (C=O) groups is 1. The van der Waals surface area contributed by atoms with Crippen LogP contribution < -0.4 is 10.6 Å². The van der Waals surface area contributed by atoms with E-state index in [4.69, 9.17) is 17.0 Å². The van der Waals surface area contributed by atoms with Crippen molar-refractivity contribution in [1.82, 2.24) is 10.6 Å². The molecule has 1 aliphatic rings. The highest BCUT2D eigenvalue weighted by atomic mass is 32.1. The SMILES string of the molecule is COC(=O)C1=C(c2ccc(C(F)(F)F)cc2)NC(=S)NC1CCc1ccccc1. The summed E-state index contributed by atoms with van der Waals surface area (Å²) in [5, 5.41) is 6.27. The van der Waals surface area contributed by atoms with Crippen molar-refractivity contribution in [2.24, 2.45) is 0 Å². The second-order valence-corrected chi connectivity index (χ2v) is 6.94. The molecule has 8 heteroatoms. The number of hydrogen-bond acceptors (Lipinski definition) is 3. The zero-order valence-corrected chi connectivity index (χ0v) is 16.4. The van der Waals surface area contributed by atoms with Gasteiger partial charge in [-0.3, -0.25) is 0 Å². The van der Waals surface area contributed by atoms with Gasteiger partial charge in [0, 0.05) is 0 Å². The van der Waals surface area contributed by atoms with Crippen LogP contribution in [-0.2, 0) is 22.1 Å². The second-order valence-electron chi connectivity index (χ2n) is 6.53. The fourth-order valence-electron chi connectivity index (χ4n) is 3.20. The lowest BCUT2D eigenvalue weighted by Crippen LogP contribution is -2.49. The molecule has 0 saturated heterocycles. The molecule has 0 aliphatic carbocycles. The predicted octanol–water partition coefficient (Wildman–Crippen LogP) is 4.07. The average molecular weight is 420 g/mol. The summed E-state index contributed by atoms with van der Waals surface area (Å²) in [7, 11) is 1.26. The van der Waals surface area contributed by atoms with Crippen molar-refractivity contribution in [1.29, 1.82) is 0 Å². The molecule has 1 aliphatic heterocycles. The molecule has 152 valence electrons. The molecule has 1 heterocycles. The Kier molecular flexibility index (Phi) is 6.22. The third-order valence-electron chi connectivity index (χ3n) is 4.63. The molecule has 1 atom stereocenters. The number of esters is 1. The molecule has 0 saturated carbocycles. The highest BCUT2D eigenvalue weighted by Crippen LogP contribution is 2.31. The molecule has 0 fully saturated rings. The quantitative estimate of drug-likeness (QED) is 0.564. The summed E-state index contributed by atoms with van der Waals surface area (Å²) in [5.41, 5.74) is 1.41. The molecule has 3 rings (SSSR count). The monoisotopic (exact) mass is 420 g/mol. The Hall–Kier alpha value is -2.87. The van der Waals surface area contributed by atoms with E-state index in [1.807, 2.05) is 30.3 Å². The number of halogens is 3. The van der Waals surface area contributed by atoms with Crippen LogP contribution in [0.15, 0.2) is 60.2 Å². The Balaban J connectivity index is 1.96. The van der Waals surface area contributed by atoms with Crippen LogP contribution in [0.5, 0.6) is 0 Å². The summed E-state index contributed by atoms with van der Waals surface area (Å²) in [4.78, 5) is 12.5. The predicted molar refractivity (Wildman–Crippen MR) is 108 cm³/mol. The first-order valence-electron chi connectivity index (χ1n) is 8.91. The van der Waals surface area contributed by atoms with Gasteiger partial charge in [0.2, 0.25) is 0 Å². The standard InChI is InChI=1S/C21H19F3N2O2S/c1-28-19(27)17-16(12-7-13-5-3-2-4-6-13)25-20(29)26-18(17)14-8-10-15(11-9-14)21(22,23)24/h2-6,8-11,16H,7,12H2,1H3,(H2,25,26,29). The Labute approximate surface area is 171 Å². The summed E-state index contributed by atoms with van der Waals surface area (Å²) in [6, 6.07) is 13.9. The van der Waals surface area contributed by atoms with E-state index in [0.717, 1.165) is 17.7 Å². The van der Waals surface area contributed by atoms with E-state index in [0.29, 0.717) is 34.8 Å². The van der Waals surface area contributed by atoms with Gasteiger partial charge in [-0.2, -0.15) is 13.2 Å². The maximum absolute atomic E-state index is 12.9. The molecule has 0 amide bonds. The van der Waals surface area contributed by atoms with Crippen LogP contribution in [0.1, 0.15) is 23.1 Å². The third kappa shape index (κ3) is 4.95. The lowest BCUT2D eigenvalue weighted by atomic mass is 9.93. The van der Waals surface area contributed by atoms with E-state index in [9.17, 15) is 18.0 Å². The van der Waals surface area contributed by atoms with Crippen LogP contribution in [0, 0.1) is 0 Å². The molecule has 0 aromatic heterocycles. The lowest BCUT2D eigenvalue weighted by Gasteiger charge is -2.31. The molecule has 4 nitrogen and oxygen atoms in total. The fraction of sp³-hybridized carbons (Fsp3) is 0.238. The van der Waals surface area contributed by atoms with Crippen LogP contribution in [0.2, 0.25) is 0 Å². The van der Waals surface area contributed by atoms with Crippen LogP contribution >= 0.6 is 12.2 Å². The van der Waals surface area contributed by atoms with Gasteiger partial charge >= 0.3 is 12.1 Å². The van der Waals surface area contributed by atoms with Gasteiger partial charge < -0.3 is 15.4 Å². The molecular weight excluding hydrogens is 401 g/mol. The van der Waals surface area contributed by atoms with Crippen molar-refractivity contribution in [3.05, 3.63) is 76.9 Å². The molecule has 0 radical (unpaired) electrons. The van der Waals surface area contributed by atoms with E-state index in [-0.39, 0.29) is 0 Å². The molecule has 2 aromatic carbocycles. The second kappa shape index (κ2) is 8.65. The average Bonchev–Trinajstić information content (AvgIpc) is 2.71. The summed E-state index contributed by atoms with van der Waals surface area (Å²) in [5.74, 6) is -0.569. The van der Waals surface area contributed by atoms with Gasteiger partial charge in [0.15, 0.2) is 5.11 Å². The number of nitrogens with one attached hydrogen (secondary N) is 2. The van der Waals surface area contributed by atoms with Gasteiger partial charge in [0.05, 0.1) is 30.0 Å². The van der Waals surface area contributed by atoms with E-state index in [1.54, 1.807) is 0 Å². The first-order valence-corrected chi connectivity index (χ1v) is 9.32. The van der Waals surface area contributed by atoms with Crippen molar-refractivity contribution in [3.63, 3.8) is 0 Å². The summed E-state index contributed by atoms with van der Waals surface area (Å²) in [6.07, 6.45) is -3.20. The smallest absolute Gasteiger partial charge is 0.416 e. The molecule has 0 spiro atoms. The number of ether oxygens (including phenoxy) is 1. The number of carbonyl (C=O) groups excluding carboxylic acids is 1. The maximum Gasteiger partial charge on any atom is 0.416 e. The van der Waals surface area contributed by atoms with Crippen LogP contribution in [0.4, 0.5) is 13.2 Å². The number of aryl methyl sites for hydroxylation is 1. The molecule has 2 N–H and O–H groups in total. The third-order valence-corrected chi connectivity index (χ3v) is 4.85. The fourth-order valence-corrected chi connectivity index (χ4v) is 3.45. The summed E-state index contributed by atoms with van der Waals surface area (Å²) >= 11 is 5.26. The van der Waals surface area contributed by atoms with Gasteiger partial charge in [-0.25, -0.2) is 4.79 Å². The van der Waals surface area contributed by atoms with Gasteiger partial charge in [-0.1, -0.05) is 42.5 Å². The van der Waals surface area contributed by atoms with Crippen molar-refractivity contribution < 1.29 is 22.7 Å². The Morgan fingerprint density at radius 3 is 2.34 bits per heavy atom. The van der Waals surface area contributed by atoms with Crippen LogP contribution in [0.25, 0.3) is 5.70 Å². The number of alkyl halides is 3. The molecule has 0 bridgehead atoms. The minimum atomic E-state index is -4.44. The topological polar surface area (TPSA) is 50.4 Å². The number of rotatable bonds is 5. The van der Waals surface area contributed by atoms with E-state index in [1.165, 1.54) is 19.2 Å². The van der Waals surface area contributed by atoms with Crippen molar-refractivity contribution in [2.45, 2.75) is 25.1 Å². The van der Waals surface area contributed by atoms with Gasteiger partial charge in [-0.15, -0.1) is 0 Å². The minimum Gasteiger partial charge on any atom is -0.466 e. The lowest BCUT2D eigenvalue weighted by molar-refractivity contribution is -0.138. The van der Waals surface area contributed by atoms with Gasteiger partial charge in [-0.05, 0) is 48.3 Å². The first-order chi connectivity index (χ1) is 13.8. The highest BCUT2D eigenvalue weighted by molar-refractivity contribution is 7.80. The van der Waals surface area contributed by atoms with E-state index < -0.39 is 23.8 Å². The summed E-state index contributed by atoms with van der Waals surface area (Å²) < 4.78 is 43.6. The normalized spacial score (nSPS) is 16.8. The van der Waals surface area contributed by atoms with E-state index >= 15 is 0 Å². The van der Waals surface area contributed by atoms with Crippen molar-refractivity contribution >= 4 is 29.0 Å². The van der Waals surface area contributed by atoms with Gasteiger partial charge in [0.1, 0.15) is 0 Å². The number of thiocarbonyl (C=S) groups is 1. The molecule has 29 heavy (non-hydrogen) atoms. The zero-order chi connectivity index (χ0) is 21.0. The Bertz CT molecular complexity index is 925. The molecular formula is C21H19F3N2O2S. The Morgan fingerprint density at radius 2 is 1.76 bits per heavy atom. The zero-order valence-electron chi connectivity index (χ0n) is 15.5. The largest absolute Gasteiger partial charge is 0.466 e. The maximum atomic E-state index is 12.9. The number of hydrogen-bond donors (Lipinski definition) is 2. The van der Waals surface area contributed by atoms with Gasteiger partial charge in [0.25, 0.3) is 0 Å². The van der Waals surface area contributed by atoms with Crippen LogP contribution in [0.3, 0.4) is 0 Å². The minimum absolute atomic E-state index is 0.297. The molecule has 2 aromatic rings. The molecule has 1 unspecified atom stereocenters. The number of benzene rings is 2. The van der Waals surface area contributed by atoms with E-state index in [2.05, 4.69) is 10.6 Å². The van der Waals surface area contributed by atoms with Crippen LogP contribution in [-0.4, -0.2) is 24.2 Å².